The van der Waals surface area contributed by atoms with Gasteiger partial charge < -0.3 is 15.2 Å². The van der Waals surface area contributed by atoms with E-state index in [2.05, 4.69) is 15.5 Å². The highest BCUT2D eigenvalue weighted by Gasteiger charge is 2.40. The predicted octanol–water partition coefficient (Wildman–Crippen LogP) is 1.69. The van der Waals surface area contributed by atoms with Crippen molar-refractivity contribution in [1.82, 2.24) is 15.5 Å². The number of amides is 1. The number of carboxylic acids is 1. The van der Waals surface area contributed by atoms with Gasteiger partial charge in [0, 0.05) is 25.3 Å². The van der Waals surface area contributed by atoms with E-state index >= 15 is 0 Å². The molecular formula is C17H19N3O4. The molecule has 3 N–H and O–H groups in total. The van der Waals surface area contributed by atoms with E-state index < -0.39 is 11.4 Å². The third kappa shape index (κ3) is 3.30. The summed E-state index contributed by atoms with van der Waals surface area (Å²) in [5.74, 6) is -1.27. The van der Waals surface area contributed by atoms with Crippen molar-refractivity contribution >= 4 is 11.9 Å². The Morgan fingerprint density at radius 1 is 1.25 bits per heavy atom. The highest BCUT2D eigenvalue weighted by molar-refractivity contribution is 5.93. The summed E-state index contributed by atoms with van der Waals surface area (Å²) < 4.78 is 5.23. The lowest BCUT2D eigenvalue weighted by Crippen LogP contribution is -2.46. The Bertz CT molecular complexity index is 720. The lowest BCUT2D eigenvalue weighted by Gasteiger charge is -2.33. The molecule has 126 valence electrons. The molecule has 24 heavy (non-hydrogen) atoms. The molecule has 1 aromatic heterocycles. The molecule has 3 rings (SSSR count). The zero-order valence-corrected chi connectivity index (χ0v) is 13.1. The van der Waals surface area contributed by atoms with Gasteiger partial charge >= 0.3 is 5.97 Å². The summed E-state index contributed by atoms with van der Waals surface area (Å²) in [5, 5.41) is 19.0. The summed E-state index contributed by atoms with van der Waals surface area (Å²) in [6.45, 7) is 0.860. The van der Waals surface area contributed by atoms with E-state index in [-0.39, 0.29) is 12.5 Å². The van der Waals surface area contributed by atoms with Crippen molar-refractivity contribution in [2.45, 2.75) is 12.8 Å². The van der Waals surface area contributed by atoms with Crippen LogP contribution < -0.4 is 5.32 Å². The second kappa shape index (κ2) is 6.84. The molecule has 0 aliphatic carbocycles. The van der Waals surface area contributed by atoms with Gasteiger partial charge in [0.15, 0.2) is 0 Å². The predicted molar refractivity (Wildman–Crippen MR) is 86.5 cm³/mol. The molecule has 7 nitrogen and oxygen atoms in total. The van der Waals surface area contributed by atoms with Gasteiger partial charge in [-0.05, 0) is 18.9 Å². The first-order chi connectivity index (χ1) is 11.6. The van der Waals surface area contributed by atoms with Gasteiger partial charge in [-0.2, -0.15) is 5.10 Å². The number of aromatic amines is 1. The number of benzene rings is 1. The van der Waals surface area contributed by atoms with Gasteiger partial charge in [0.25, 0.3) is 5.91 Å². The van der Waals surface area contributed by atoms with Crippen LogP contribution in [-0.4, -0.2) is 46.9 Å². The molecule has 1 aliphatic heterocycles. The molecule has 0 atom stereocenters. The summed E-state index contributed by atoms with van der Waals surface area (Å²) in [7, 11) is 0. The van der Waals surface area contributed by atoms with Crippen molar-refractivity contribution in [2.24, 2.45) is 5.41 Å². The van der Waals surface area contributed by atoms with Crippen LogP contribution in [0.4, 0.5) is 0 Å². The lowest BCUT2D eigenvalue weighted by molar-refractivity contribution is -0.154. The van der Waals surface area contributed by atoms with Gasteiger partial charge in [-0.1, -0.05) is 30.3 Å². The minimum Gasteiger partial charge on any atom is -0.481 e. The third-order valence-electron chi connectivity index (χ3n) is 4.38. The van der Waals surface area contributed by atoms with Gasteiger partial charge in [0.1, 0.15) is 5.69 Å². The minimum atomic E-state index is -0.962. The van der Waals surface area contributed by atoms with Gasteiger partial charge in [0.2, 0.25) is 0 Å². The van der Waals surface area contributed by atoms with E-state index in [1.165, 1.54) is 0 Å². The van der Waals surface area contributed by atoms with Crippen LogP contribution in [0.2, 0.25) is 0 Å². The molecule has 0 saturated carbocycles. The number of hydrogen-bond acceptors (Lipinski definition) is 4. The maximum absolute atomic E-state index is 12.3. The number of ether oxygens (including phenoxy) is 1. The third-order valence-corrected chi connectivity index (χ3v) is 4.38. The molecule has 0 radical (unpaired) electrons. The standard InChI is InChI=1S/C17H19N3O4/c21-15(18-11-17(16(22)23)6-8-24-9-7-17)14-10-13(19-20-14)12-4-2-1-3-5-12/h1-5,10H,6-9,11H2,(H,18,21)(H,19,20)(H,22,23). The number of carbonyl (C=O) groups excluding carboxylic acids is 1. The number of H-pyrrole nitrogens is 1. The fourth-order valence-electron chi connectivity index (χ4n) is 2.77. The number of carboxylic acid groups (broad SMARTS) is 1. The van der Waals surface area contributed by atoms with Gasteiger partial charge in [-0.25, -0.2) is 0 Å². The zero-order chi connectivity index (χ0) is 17.0. The van der Waals surface area contributed by atoms with Gasteiger partial charge in [-0.3, -0.25) is 14.7 Å². The summed E-state index contributed by atoms with van der Waals surface area (Å²) in [4.78, 5) is 23.9. The number of hydrogen-bond donors (Lipinski definition) is 3. The smallest absolute Gasteiger partial charge is 0.311 e. The second-order valence-electron chi connectivity index (χ2n) is 5.91. The first-order valence-corrected chi connectivity index (χ1v) is 7.81. The number of carbonyl (C=O) groups is 2. The first-order valence-electron chi connectivity index (χ1n) is 7.81. The summed E-state index contributed by atoms with van der Waals surface area (Å²) in [6.07, 6.45) is 0.779. The molecule has 7 heteroatoms. The molecular weight excluding hydrogens is 310 g/mol. The Hall–Kier alpha value is -2.67. The van der Waals surface area contributed by atoms with E-state index in [1.54, 1.807) is 6.07 Å². The van der Waals surface area contributed by atoms with E-state index in [0.29, 0.717) is 37.4 Å². The van der Waals surface area contributed by atoms with Crippen LogP contribution >= 0.6 is 0 Å². The molecule has 1 saturated heterocycles. The van der Waals surface area contributed by atoms with Crippen LogP contribution in [0, 0.1) is 5.41 Å². The van der Waals surface area contributed by atoms with Crippen molar-refractivity contribution in [3.8, 4) is 11.3 Å². The molecule has 1 fully saturated rings. The Balaban J connectivity index is 1.67. The van der Waals surface area contributed by atoms with E-state index in [4.69, 9.17) is 4.74 Å². The topological polar surface area (TPSA) is 104 Å². The largest absolute Gasteiger partial charge is 0.481 e. The quantitative estimate of drug-likeness (QED) is 0.774. The number of rotatable bonds is 5. The van der Waals surface area contributed by atoms with Crippen molar-refractivity contribution in [3.63, 3.8) is 0 Å². The van der Waals surface area contributed by atoms with Crippen molar-refractivity contribution in [1.29, 1.82) is 0 Å². The molecule has 2 aromatic rings. The summed E-state index contributed by atoms with van der Waals surface area (Å²) >= 11 is 0. The van der Waals surface area contributed by atoms with Gasteiger partial charge in [-0.15, -0.1) is 0 Å². The summed E-state index contributed by atoms with van der Waals surface area (Å²) in [5.41, 5.74) is 0.913. The number of nitrogens with zero attached hydrogens (tertiary/aromatic N) is 1. The average molecular weight is 329 g/mol. The Morgan fingerprint density at radius 3 is 2.62 bits per heavy atom. The number of aromatic nitrogens is 2. The monoisotopic (exact) mass is 329 g/mol. The highest BCUT2D eigenvalue weighted by atomic mass is 16.5. The molecule has 0 spiro atoms. The van der Waals surface area contributed by atoms with Crippen LogP contribution in [0.1, 0.15) is 23.3 Å². The second-order valence-corrected chi connectivity index (χ2v) is 5.91. The maximum atomic E-state index is 12.3. The Labute approximate surface area is 139 Å². The zero-order valence-electron chi connectivity index (χ0n) is 13.1. The minimum absolute atomic E-state index is 0.0736. The Morgan fingerprint density at radius 2 is 1.96 bits per heavy atom. The average Bonchev–Trinajstić information content (AvgIpc) is 3.11. The Kier molecular flexibility index (Phi) is 4.61. The molecule has 1 aliphatic rings. The molecule has 0 bridgehead atoms. The first kappa shape index (κ1) is 16.2. The van der Waals surface area contributed by atoms with Crippen molar-refractivity contribution < 1.29 is 19.4 Å². The normalized spacial score (nSPS) is 16.5. The molecule has 1 amide bonds. The van der Waals surface area contributed by atoms with E-state index in [1.807, 2.05) is 30.3 Å². The maximum Gasteiger partial charge on any atom is 0.311 e. The van der Waals surface area contributed by atoms with Crippen molar-refractivity contribution in [3.05, 3.63) is 42.1 Å². The SMILES string of the molecule is O=C(NCC1(C(=O)O)CCOCC1)c1cc(-c2ccccc2)n[nH]1. The van der Waals surface area contributed by atoms with Crippen LogP contribution in [-0.2, 0) is 9.53 Å². The van der Waals surface area contributed by atoms with Crippen LogP contribution in [0.15, 0.2) is 36.4 Å². The number of aliphatic carboxylic acids is 1. The van der Waals surface area contributed by atoms with Crippen LogP contribution in [0.5, 0.6) is 0 Å². The molecule has 0 unspecified atom stereocenters. The fourth-order valence-corrected chi connectivity index (χ4v) is 2.77. The van der Waals surface area contributed by atoms with Gasteiger partial charge in [0.05, 0.1) is 11.1 Å². The highest BCUT2D eigenvalue weighted by Crippen LogP contribution is 2.30. The van der Waals surface area contributed by atoms with Crippen molar-refractivity contribution in [2.75, 3.05) is 19.8 Å². The van der Waals surface area contributed by atoms with E-state index in [9.17, 15) is 14.7 Å². The molecule has 1 aromatic carbocycles. The number of nitrogens with one attached hydrogen (secondary N) is 2. The fraction of sp³-hybridized carbons (Fsp3) is 0.353. The van der Waals surface area contributed by atoms with E-state index in [0.717, 1.165) is 5.56 Å². The van der Waals surface area contributed by atoms with Crippen LogP contribution in [0.3, 0.4) is 0 Å². The molecule has 2 heterocycles. The summed E-state index contributed by atoms with van der Waals surface area (Å²) in [6, 6.07) is 11.2. The lowest BCUT2D eigenvalue weighted by atomic mass is 9.80. The van der Waals surface area contributed by atoms with Crippen LogP contribution in [0.25, 0.3) is 11.3 Å².